The first-order valence-corrected chi connectivity index (χ1v) is 1.88. The van der Waals surface area contributed by atoms with Crippen LogP contribution < -0.4 is 5.84 Å². The van der Waals surface area contributed by atoms with E-state index in [1.54, 1.807) is 0 Å². The van der Waals surface area contributed by atoms with Crippen LogP contribution in [0, 0.1) is 0 Å². The number of nitrogens with two attached hydrogens (primary N) is 1. The molecule has 0 radical (unpaired) electrons. The first-order chi connectivity index (χ1) is 3.35. The number of hydrogen-bond acceptors (Lipinski definition) is 2. The van der Waals surface area contributed by atoms with Gasteiger partial charge in [0.15, 0.2) is 0 Å². The van der Waals surface area contributed by atoms with Crippen LogP contribution in [0.1, 0.15) is 0 Å². The zero-order valence-electron chi connectivity index (χ0n) is 4.09. The summed E-state index contributed by atoms with van der Waals surface area (Å²) in [5.41, 5.74) is 0.611. The van der Waals surface area contributed by atoms with Gasteiger partial charge in [-0.25, -0.2) is 0 Å². The summed E-state index contributed by atoms with van der Waals surface area (Å²) >= 11 is 0. The summed E-state index contributed by atoms with van der Waals surface area (Å²) in [6, 6.07) is 0. The number of hydrogen-bond donors (Lipinski definition) is 1. The van der Waals surface area contributed by atoms with Crippen molar-refractivity contribution in [2.45, 2.75) is 0 Å². The van der Waals surface area contributed by atoms with Gasteiger partial charge in [-0.3, -0.25) is 0 Å². The lowest BCUT2D eigenvalue weighted by atomic mass is 10.4. The van der Waals surface area contributed by atoms with E-state index < -0.39 is 0 Å². The Morgan fingerprint density at radius 2 is 1.86 bits per heavy atom. The van der Waals surface area contributed by atoms with Crippen molar-refractivity contribution in [3.63, 3.8) is 0 Å². The maximum Gasteiger partial charge on any atom is 0.0815 e. The van der Waals surface area contributed by atoms with Crippen molar-refractivity contribution >= 4 is 5.71 Å². The maximum atomic E-state index is 4.84. The summed E-state index contributed by atoms with van der Waals surface area (Å²) in [5.74, 6) is 4.84. The molecular formula is C5H8N2. The minimum absolute atomic E-state index is 0.611. The molecule has 0 saturated heterocycles. The van der Waals surface area contributed by atoms with Gasteiger partial charge in [0.05, 0.1) is 5.71 Å². The third-order valence-electron chi connectivity index (χ3n) is 0.567. The van der Waals surface area contributed by atoms with E-state index in [0.29, 0.717) is 5.71 Å². The highest BCUT2D eigenvalue weighted by molar-refractivity contribution is 6.02. The van der Waals surface area contributed by atoms with Crippen molar-refractivity contribution in [3.05, 3.63) is 25.3 Å². The largest absolute Gasteiger partial charge is 0.323 e. The summed E-state index contributed by atoms with van der Waals surface area (Å²) < 4.78 is 0. The molecule has 0 aromatic heterocycles. The second-order valence-corrected chi connectivity index (χ2v) is 0.962. The van der Waals surface area contributed by atoms with Gasteiger partial charge in [-0.1, -0.05) is 13.2 Å². The average molecular weight is 96.1 g/mol. The fourth-order valence-corrected chi connectivity index (χ4v) is 0.189. The van der Waals surface area contributed by atoms with Crippen molar-refractivity contribution in [1.29, 1.82) is 0 Å². The lowest BCUT2D eigenvalue weighted by Gasteiger charge is -1.80. The van der Waals surface area contributed by atoms with Crippen LogP contribution in [0.2, 0.25) is 0 Å². The molecule has 7 heavy (non-hydrogen) atoms. The van der Waals surface area contributed by atoms with E-state index in [1.165, 1.54) is 12.2 Å². The van der Waals surface area contributed by atoms with Crippen molar-refractivity contribution in [2.24, 2.45) is 10.9 Å². The Bertz CT molecular complexity index is 92.6. The molecular weight excluding hydrogens is 88.1 g/mol. The van der Waals surface area contributed by atoms with E-state index in [1.807, 2.05) is 0 Å². The minimum atomic E-state index is 0.611. The zero-order chi connectivity index (χ0) is 5.70. The van der Waals surface area contributed by atoms with Crippen molar-refractivity contribution < 1.29 is 0 Å². The van der Waals surface area contributed by atoms with Gasteiger partial charge >= 0.3 is 0 Å². The van der Waals surface area contributed by atoms with Gasteiger partial charge < -0.3 is 5.84 Å². The van der Waals surface area contributed by atoms with Gasteiger partial charge in [0, 0.05) is 0 Å². The molecule has 2 heteroatoms. The molecule has 0 aromatic rings. The van der Waals surface area contributed by atoms with Gasteiger partial charge in [0.2, 0.25) is 0 Å². The second-order valence-electron chi connectivity index (χ2n) is 0.962. The monoisotopic (exact) mass is 96.1 g/mol. The van der Waals surface area contributed by atoms with Crippen LogP contribution in [0.5, 0.6) is 0 Å². The molecule has 38 valence electrons. The normalized spacial score (nSPS) is 6.86. The van der Waals surface area contributed by atoms with E-state index in [-0.39, 0.29) is 0 Å². The van der Waals surface area contributed by atoms with E-state index in [2.05, 4.69) is 18.3 Å². The smallest absolute Gasteiger partial charge is 0.0815 e. The third kappa shape index (κ3) is 1.76. The Hall–Kier alpha value is -1.05. The molecule has 0 rings (SSSR count). The molecule has 2 nitrogen and oxygen atoms in total. The highest BCUT2D eigenvalue weighted by atomic mass is 15.1. The molecule has 0 aromatic carbocycles. The van der Waals surface area contributed by atoms with Gasteiger partial charge in [0.25, 0.3) is 0 Å². The number of nitrogens with zero attached hydrogens (tertiary/aromatic N) is 1. The van der Waals surface area contributed by atoms with E-state index in [0.717, 1.165) is 0 Å². The predicted molar refractivity (Wildman–Crippen MR) is 32.0 cm³/mol. The Morgan fingerprint density at radius 1 is 1.43 bits per heavy atom. The van der Waals surface area contributed by atoms with Gasteiger partial charge in [-0.05, 0) is 12.2 Å². The molecule has 0 aliphatic heterocycles. The lowest BCUT2D eigenvalue weighted by Crippen LogP contribution is -1.90. The summed E-state index contributed by atoms with van der Waals surface area (Å²) in [6.07, 6.45) is 3.07. The van der Waals surface area contributed by atoms with Crippen molar-refractivity contribution in [2.75, 3.05) is 0 Å². The molecule has 2 N–H and O–H groups in total. The standard InChI is InChI=1S/C5H8N2/c1-3-5(4-2)7-6/h3-4H,1-2,6H2. The van der Waals surface area contributed by atoms with Crippen molar-refractivity contribution in [3.8, 4) is 0 Å². The Labute approximate surface area is 43.0 Å². The first-order valence-electron chi connectivity index (χ1n) is 1.88. The average Bonchev–Trinajstić information content (AvgIpc) is 1.72. The molecule has 0 heterocycles. The zero-order valence-corrected chi connectivity index (χ0v) is 4.09. The molecule has 0 saturated carbocycles. The van der Waals surface area contributed by atoms with Crippen LogP contribution in [0.25, 0.3) is 0 Å². The molecule has 0 atom stereocenters. The fraction of sp³-hybridized carbons (Fsp3) is 0. The van der Waals surface area contributed by atoms with Gasteiger partial charge in [0.1, 0.15) is 0 Å². The Balaban J connectivity index is 3.85. The lowest BCUT2D eigenvalue weighted by molar-refractivity contribution is 1.26. The molecule has 0 aliphatic carbocycles. The van der Waals surface area contributed by atoms with Crippen LogP contribution >= 0.6 is 0 Å². The topological polar surface area (TPSA) is 38.4 Å². The van der Waals surface area contributed by atoms with Crippen LogP contribution in [-0.4, -0.2) is 5.71 Å². The molecule has 0 amide bonds. The first kappa shape index (κ1) is 5.95. The number of rotatable bonds is 2. The molecule has 0 fully saturated rings. The van der Waals surface area contributed by atoms with Crippen molar-refractivity contribution in [1.82, 2.24) is 0 Å². The predicted octanol–water partition coefficient (Wildman–Crippen LogP) is 0.673. The quantitative estimate of drug-likeness (QED) is 0.306. The van der Waals surface area contributed by atoms with E-state index in [9.17, 15) is 0 Å². The highest BCUT2D eigenvalue weighted by Crippen LogP contribution is 1.73. The number of allylic oxidation sites excluding steroid dienone is 2. The highest BCUT2D eigenvalue weighted by Gasteiger charge is 1.75. The SMILES string of the molecule is C=CC(C=C)=NN. The van der Waals surface area contributed by atoms with Crippen LogP contribution in [0.3, 0.4) is 0 Å². The minimum Gasteiger partial charge on any atom is -0.323 e. The maximum absolute atomic E-state index is 4.84. The van der Waals surface area contributed by atoms with Gasteiger partial charge in [-0.2, -0.15) is 5.10 Å². The molecule has 0 bridgehead atoms. The van der Waals surface area contributed by atoms with E-state index >= 15 is 0 Å². The molecule has 0 unspecified atom stereocenters. The second kappa shape index (κ2) is 3.15. The van der Waals surface area contributed by atoms with Crippen LogP contribution in [-0.2, 0) is 0 Å². The molecule has 0 aliphatic rings. The summed E-state index contributed by atoms with van der Waals surface area (Å²) in [4.78, 5) is 0. The molecule has 0 spiro atoms. The van der Waals surface area contributed by atoms with Gasteiger partial charge in [-0.15, -0.1) is 0 Å². The van der Waals surface area contributed by atoms with Crippen LogP contribution in [0.15, 0.2) is 30.4 Å². The summed E-state index contributed by atoms with van der Waals surface area (Å²) in [7, 11) is 0. The van der Waals surface area contributed by atoms with Crippen LogP contribution in [0.4, 0.5) is 0 Å². The number of hydrazone groups is 1. The summed E-state index contributed by atoms with van der Waals surface area (Å²) in [6.45, 7) is 6.84. The summed E-state index contributed by atoms with van der Waals surface area (Å²) in [5, 5.41) is 3.31. The fourth-order valence-electron chi connectivity index (χ4n) is 0.189. The third-order valence-corrected chi connectivity index (χ3v) is 0.567. The van der Waals surface area contributed by atoms with E-state index in [4.69, 9.17) is 5.84 Å². The Morgan fingerprint density at radius 3 is 1.86 bits per heavy atom. The Kier molecular flexibility index (Phi) is 2.68.